The number of hydrogen-bond acceptors (Lipinski definition) is 4. The Balaban J connectivity index is 1.99. The Labute approximate surface area is 119 Å². The van der Waals surface area contributed by atoms with Crippen LogP contribution >= 0.6 is 0 Å². The second-order valence-electron chi connectivity index (χ2n) is 4.74. The van der Waals surface area contributed by atoms with Crippen LogP contribution in [-0.2, 0) is 13.1 Å². The lowest BCUT2D eigenvalue weighted by Gasteiger charge is -2.20. The molecule has 20 heavy (non-hydrogen) atoms. The van der Waals surface area contributed by atoms with Crippen LogP contribution in [0.25, 0.3) is 0 Å². The SMILES string of the molecule is CCN(Cc1ccc(B(O)O)cc1)Cc1ccccn1. The molecule has 2 aromatic rings. The van der Waals surface area contributed by atoms with E-state index in [9.17, 15) is 0 Å². The molecule has 0 aliphatic rings. The molecule has 4 nitrogen and oxygen atoms in total. The molecule has 0 radical (unpaired) electrons. The number of nitrogens with zero attached hydrogens (tertiary/aromatic N) is 2. The topological polar surface area (TPSA) is 56.6 Å². The van der Waals surface area contributed by atoms with E-state index in [0.29, 0.717) is 5.46 Å². The van der Waals surface area contributed by atoms with Crippen molar-refractivity contribution in [3.05, 3.63) is 59.9 Å². The summed E-state index contributed by atoms with van der Waals surface area (Å²) in [5.74, 6) is 0. The molecule has 5 heteroatoms. The van der Waals surface area contributed by atoms with E-state index < -0.39 is 7.12 Å². The van der Waals surface area contributed by atoms with Crippen LogP contribution < -0.4 is 5.46 Å². The Morgan fingerprint density at radius 3 is 2.35 bits per heavy atom. The average Bonchev–Trinajstić information content (AvgIpc) is 2.48. The van der Waals surface area contributed by atoms with Crippen molar-refractivity contribution in [2.75, 3.05) is 6.54 Å². The van der Waals surface area contributed by atoms with Gasteiger partial charge in [-0.1, -0.05) is 37.3 Å². The van der Waals surface area contributed by atoms with Crippen LogP contribution in [0.1, 0.15) is 18.2 Å². The highest BCUT2D eigenvalue weighted by Gasteiger charge is 2.11. The predicted molar refractivity (Wildman–Crippen MR) is 80.3 cm³/mol. The van der Waals surface area contributed by atoms with Gasteiger partial charge in [0.25, 0.3) is 0 Å². The van der Waals surface area contributed by atoms with Crippen LogP contribution in [0.5, 0.6) is 0 Å². The van der Waals surface area contributed by atoms with Crippen LogP contribution in [0.4, 0.5) is 0 Å². The van der Waals surface area contributed by atoms with Gasteiger partial charge in [0.15, 0.2) is 0 Å². The smallest absolute Gasteiger partial charge is 0.423 e. The molecular formula is C15H19BN2O2. The second-order valence-corrected chi connectivity index (χ2v) is 4.74. The largest absolute Gasteiger partial charge is 0.488 e. The van der Waals surface area contributed by atoms with Crippen molar-refractivity contribution in [1.82, 2.24) is 9.88 Å². The van der Waals surface area contributed by atoms with Crippen molar-refractivity contribution in [3.8, 4) is 0 Å². The summed E-state index contributed by atoms with van der Waals surface area (Å²) >= 11 is 0. The Bertz CT molecular complexity index is 517. The Hall–Kier alpha value is -1.69. The minimum absolute atomic E-state index is 0.515. The number of aromatic nitrogens is 1. The molecule has 0 aliphatic heterocycles. The van der Waals surface area contributed by atoms with Gasteiger partial charge in [-0.3, -0.25) is 9.88 Å². The first kappa shape index (κ1) is 14.7. The van der Waals surface area contributed by atoms with Gasteiger partial charge >= 0.3 is 7.12 Å². The zero-order chi connectivity index (χ0) is 14.4. The molecule has 0 unspecified atom stereocenters. The lowest BCUT2D eigenvalue weighted by molar-refractivity contribution is 0.268. The molecule has 1 aromatic heterocycles. The maximum atomic E-state index is 9.07. The summed E-state index contributed by atoms with van der Waals surface area (Å²) in [6.45, 7) is 4.67. The van der Waals surface area contributed by atoms with Gasteiger partial charge in [0.1, 0.15) is 0 Å². The third kappa shape index (κ3) is 4.16. The Morgan fingerprint density at radius 1 is 1.05 bits per heavy atom. The molecule has 104 valence electrons. The number of benzene rings is 1. The third-order valence-corrected chi connectivity index (χ3v) is 3.24. The molecule has 0 bridgehead atoms. The average molecular weight is 270 g/mol. The van der Waals surface area contributed by atoms with Crippen LogP contribution in [0.15, 0.2) is 48.7 Å². The summed E-state index contributed by atoms with van der Waals surface area (Å²) in [6.07, 6.45) is 1.81. The standard InChI is InChI=1S/C15H19BN2O2/c1-2-18(12-15-5-3-4-10-17-15)11-13-6-8-14(9-7-13)16(19)20/h3-10,19-20H,2,11-12H2,1H3. The van der Waals surface area contributed by atoms with E-state index in [1.54, 1.807) is 18.3 Å². The van der Waals surface area contributed by atoms with Gasteiger partial charge in [0.2, 0.25) is 0 Å². The van der Waals surface area contributed by atoms with Gasteiger partial charge in [-0.05, 0) is 29.7 Å². The highest BCUT2D eigenvalue weighted by molar-refractivity contribution is 6.58. The molecule has 1 heterocycles. The summed E-state index contributed by atoms with van der Waals surface area (Å²) in [4.78, 5) is 6.62. The van der Waals surface area contributed by atoms with E-state index in [0.717, 1.165) is 30.9 Å². The fourth-order valence-electron chi connectivity index (χ4n) is 2.05. The predicted octanol–water partition coefficient (Wildman–Crippen LogP) is 0.783. The summed E-state index contributed by atoms with van der Waals surface area (Å²) in [5, 5.41) is 18.1. The summed E-state index contributed by atoms with van der Waals surface area (Å²) in [6, 6.07) is 13.3. The molecule has 1 aromatic carbocycles. The van der Waals surface area contributed by atoms with Crippen molar-refractivity contribution in [2.24, 2.45) is 0 Å². The van der Waals surface area contributed by atoms with E-state index in [-0.39, 0.29) is 0 Å². The molecular weight excluding hydrogens is 251 g/mol. The van der Waals surface area contributed by atoms with Gasteiger partial charge in [0, 0.05) is 19.3 Å². The molecule has 0 saturated carbocycles. The van der Waals surface area contributed by atoms with Gasteiger partial charge in [0.05, 0.1) is 5.69 Å². The quantitative estimate of drug-likeness (QED) is 0.762. The van der Waals surface area contributed by atoms with Crippen LogP contribution in [-0.4, -0.2) is 33.6 Å². The van der Waals surface area contributed by atoms with E-state index in [4.69, 9.17) is 10.0 Å². The molecule has 0 atom stereocenters. The summed E-state index contributed by atoms with van der Waals surface area (Å²) in [5.41, 5.74) is 2.71. The molecule has 2 rings (SSSR count). The fourth-order valence-corrected chi connectivity index (χ4v) is 2.05. The Morgan fingerprint density at radius 2 is 1.80 bits per heavy atom. The van der Waals surface area contributed by atoms with E-state index in [2.05, 4.69) is 16.8 Å². The van der Waals surface area contributed by atoms with Crippen molar-refractivity contribution in [1.29, 1.82) is 0 Å². The van der Waals surface area contributed by atoms with Crippen molar-refractivity contribution < 1.29 is 10.0 Å². The number of rotatable bonds is 6. The van der Waals surface area contributed by atoms with Gasteiger partial charge in [-0.2, -0.15) is 0 Å². The van der Waals surface area contributed by atoms with Crippen LogP contribution in [0.3, 0.4) is 0 Å². The van der Waals surface area contributed by atoms with Gasteiger partial charge in [-0.15, -0.1) is 0 Å². The van der Waals surface area contributed by atoms with Crippen molar-refractivity contribution >= 4 is 12.6 Å². The lowest BCUT2D eigenvalue weighted by Crippen LogP contribution is -2.30. The molecule has 2 N–H and O–H groups in total. The first-order chi connectivity index (χ1) is 9.69. The van der Waals surface area contributed by atoms with Crippen molar-refractivity contribution in [3.63, 3.8) is 0 Å². The minimum Gasteiger partial charge on any atom is -0.423 e. The highest BCUT2D eigenvalue weighted by atomic mass is 16.4. The lowest BCUT2D eigenvalue weighted by atomic mass is 9.80. The number of hydrogen-bond donors (Lipinski definition) is 2. The zero-order valence-electron chi connectivity index (χ0n) is 11.6. The summed E-state index contributed by atoms with van der Waals surface area (Å²) < 4.78 is 0. The van der Waals surface area contributed by atoms with E-state index >= 15 is 0 Å². The monoisotopic (exact) mass is 270 g/mol. The molecule has 0 saturated heterocycles. The first-order valence-electron chi connectivity index (χ1n) is 6.76. The van der Waals surface area contributed by atoms with Gasteiger partial charge in [-0.25, -0.2) is 0 Å². The zero-order valence-corrected chi connectivity index (χ0v) is 11.6. The minimum atomic E-state index is -1.40. The third-order valence-electron chi connectivity index (χ3n) is 3.24. The first-order valence-corrected chi connectivity index (χ1v) is 6.76. The molecule has 0 fully saturated rings. The maximum absolute atomic E-state index is 9.07. The fraction of sp³-hybridized carbons (Fsp3) is 0.267. The van der Waals surface area contributed by atoms with E-state index in [1.165, 1.54) is 0 Å². The van der Waals surface area contributed by atoms with Crippen LogP contribution in [0, 0.1) is 0 Å². The van der Waals surface area contributed by atoms with Gasteiger partial charge < -0.3 is 10.0 Å². The summed E-state index contributed by atoms with van der Waals surface area (Å²) in [7, 11) is -1.40. The highest BCUT2D eigenvalue weighted by Crippen LogP contribution is 2.07. The molecule has 0 amide bonds. The molecule has 0 spiro atoms. The molecule has 0 aliphatic carbocycles. The van der Waals surface area contributed by atoms with Crippen LogP contribution in [0.2, 0.25) is 0 Å². The second kappa shape index (κ2) is 7.19. The maximum Gasteiger partial charge on any atom is 0.488 e. The number of pyridine rings is 1. The Kier molecular flexibility index (Phi) is 5.29. The van der Waals surface area contributed by atoms with E-state index in [1.807, 2.05) is 30.3 Å². The normalized spacial score (nSPS) is 10.8. The van der Waals surface area contributed by atoms with Crippen molar-refractivity contribution in [2.45, 2.75) is 20.0 Å².